The van der Waals surface area contributed by atoms with Crippen molar-refractivity contribution < 1.29 is 9.47 Å². The summed E-state index contributed by atoms with van der Waals surface area (Å²) in [5.41, 5.74) is 4.08. The second-order valence-electron chi connectivity index (χ2n) is 7.44. The van der Waals surface area contributed by atoms with E-state index in [0.717, 1.165) is 51.1 Å². The maximum absolute atomic E-state index is 6.39. The fourth-order valence-electron chi connectivity index (χ4n) is 3.42. The predicted molar refractivity (Wildman–Crippen MR) is 113 cm³/mol. The Kier molecular flexibility index (Phi) is 7.42. The molecule has 1 heterocycles. The van der Waals surface area contributed by atoms with Crippen LogP contribution in [0.5, 0.6) is 11.5 Å². The highest BCUT2D eigenvalue weighted by Crippen LogP contribution is 2.30. The van der Waals surface area contributed by atoms with Crippen LogP contribution < -0.4 is 9.47 Å². The van der Waals surface area contributed by atoms with Crippen molar-refractivity contribution in [1.82, 2.24) is 4.90 Å². The van der Waals surface area contributed by atoms with Crippen LogP contribution in [0, 0.1) is 0 Å². The lowest BCUT2D eigenvalue weighted by Crippen LogP contribution is -2.29. The van der Waals surface area contributed by atoms with Gasteiger partial charge >= 0.3 is 0 Å². The molecule has 0 amide bonds. The van der Waals surface area contributed by atoms with Crippen molar-refractivity contribution in [1.29, 1.82) is 0 Å². The minimum absolute atomic E-state index is 0.563. The van der Waals surface area contributed by atoms with Gasteiger partial charge in [-0.15, -0.1) is 0 Å². The Morgan fingerprint density at radius 1 is 1.11 bits per heavy atom. The highest BCUT2D eigenvalue weighted by molar-refractivity contribution is 6.32. The van der Waals surface area contributed by atoms with Crippen molar-refractivity contribution in [2.45, 2.75) is 39.5 Å². The molecule has 1 aromatic carbocycles. The molecule has 0 radical (unpaired) electrons. The summed E-state index contributed by atoms with van der Waals surface area (Å²) < 4.78 is 11.8. The quantitative estimate of drug-likeness (QED) is 0.415. The summed E-state index contributed by atoms with van der Waals surface area (Å²) in [7, 11) is 0. The number of rotatable bonds is 8. The van der Waals surface area contributed by atoms with E-state index in [9.17, 15) is 0 Å². The third-order valence-corrected chi connectivity index (χ3v) is 5.47. The number of halogens is 1. The van der Waals surface area contributed by atoms with E-state index < -0.39 is 0 Å². The second-order valence-corrected chi connectivity index (χ2v) is 7.85. The molecule has 0 atom stereocenters. The van der Waals surface area contributed by atoms with Crippen LogP contribution in [-0.4, -0.2) is 37.7 Å². The van der Waals surface area contributed by atoms with Gasteiger partial charge in [0.05, 0.1) is 11.6 Å². The van der Waals surface area contributed by atoms with Crippen LogP contribution in [0.3, 0.4) is 0 Å². The molecular weight excluding hydrogens is 358 g/mol. The molecule has 0 saturated carbocycles. The number of benzene rings is 1. The summed E-state index contributed by atoms with van der Waals surface area (Å²) in [6.07, 6.45) is 11.2. The summed E-state index contributed by atoms with van der Waals surface area (Å²) in [4.78, 5) is 2.45. The Morgan fingerprint density at radius 2 is 2.00 bits per heavy atom. The molecule has 0 N–H and O–H groups in total. The minimum atomic E-state index is 0.563. The van der Waals surface area contributed by atoms with E-state index in [0.29, 0.717) is 24.0 Å². The normalized spacial score (nSPS) is 17.8. The van der Waals surface area contributed by atoms with E-state index in [4.69, 9.17) is 21.1 Å². The first-order valence-electron chi connectivity index (χ1n) is 9.90. The van der Waals surface area contributed by atoms with Crippen LogP contribution in [-0.2, 0) is 0 Å². The van der Waals surface area contributed by atoms with Gasteiger partial charge < -0.3 is 9.47 Å². The Labute approximate surface area is 168 Å². The van der Waals surface area contributed by atoms with Gasteiger partial charge in [0.1, 0.15) is 18.1 Å². The average Bonchev–Trinajstić information content (AvgIpc) is 2.68. The van der Waals surface area contributed by atoms with Gasteiger partial charge in [-0.2, -0.15) is 0 Å². The number of nitrogens with zero attached hydrogens (tertiary/aromatic N) is 1. The molecule has 3 rings (SSSR count). The molecule has 2 aliphatic rings. The van der Waals surface area contributed by atoms with Crippen molar-refractivity contribution in [3.8, 4) is 11.5 Å². The van der Waals surface area contributed by atoms with E-state index in [-0.39, 0.29) is 0 Å². The van der Waals surface area contributed by atoms with Crippen LogP contribution in [0.25, 0.3) is 0 Å². The van der Waals surface area contributed by atoms with Gasteiger partial charge in [-0.1, -0.05) is 41.0 Å². The van der Waals surface area contributed by atoms with Gasteiger partial charge in [-0.3, -0.25) is 4.90 Å². The maximum Gasteiger partial charge on any atom is 0.138 e. The molecule has 4 heteroatoms. The first-order valence-corrected chi connectivity index (χ1v) is 10.3. The summed E-state index contributed by atoms with van der Waals surface area (Å²) in [6.45, 7) is 8.90. The molecule has 0 unspecified atom stereocenters. The third-order valence-electron chi connectivity index (χ3n) is 5.18. The molecule has 0 spiro atoms. The molecular formula is C23H30ClNO2. The maximum atomic E-state index is 6.39. The van der Waals surface area contributed by atoms with Crippen LogP contribution in [0.4, 0.5) is 0 Å². The van der Waals surface area contributed by atoms with Crippen LogP contribution in [0.2, 0.25) is 5.02 Å². The fraction of sp³-hybridized carbons (Fsp3) is 0.478. The van der Waals surface area contributed by atoms with Crippen molar-refractivity contribution in [2.24, 2.45) is 0 Å². The second kappa shape index (κ2) is 10.0. The molecule has 0 fully saturated rings. The lowest BCUT2D eigenvalue weighted by Gasteiger charge is -2.22. The van der Waals surface area contributed by atoms with Crippen molar-refractivity contribution in [3.63, 3.8) is 0 Å². The van der Waals surface area contributed by atoms with Crippen molar-refractivity contribution >= 4 is 11.6 Å². The number of hydrogen-bond donors (Lipinski definition) is 0. The monoisotopic (exact) mass is 387 g/mol. The van der Waals surface area contributed by atoms with Crippen molar-refractivity contribution in [3.05, 3.63) is 58.2 Å². The largest absolute Gasteiger partial charge is 0.493 e. The third kappa shape index (κ3) is 6.15. The van der Waals surface area contributed by atoms with Crippen LogP contribution >= 0.6 is 11.6 Å². The molecule has 0 saturated heterocycles. The lowest BCUT2D eigenvalue weighted by atomic mass is 9.94. The lowest BCUT2D eigenvalue weighted by molar-refractivity contribution is 0.247. The average molecular weight is 388 g/mol. The molecule has 3 nitrogen and oxygen atoms in total. The molecule has 0 aromatic heterocycles. The Balaban J connectivity index is 1.45. The Hall–Kier alpha value is -1.71. The fourth-order valence-corrected chi connectivity index (χ4v) is 3.64. The standard InChI is InChI=1S/C23H30ClNO2/c1-18-7-8-19(2)20(15-18)17-27-23-10-9-21(16-22(23)24)26-14-6-13-25-11-4-3-5-12-25/h3-4,9-10,15-16H,5-8,11-14,17H2,1-2H3. The first-order chi connectivity index (χ1) is 13.1. The number of allylic oxidation sites excluding steroid dienone is 2. The van der Waals surface area contributed by atoms with Crippen molar-refractivity contribution in [2.75, 3.05) is 32.8 Å². The van der Waals surface area contributed by atoms with E-state index in [1.165, 1.54) is 16.7 Å². The van der Waals surface area contributed by atoms with Gasteiger partial charge in [-0.25, -0.2) is 0 Å². The van der Waals surface area contributed by atoms with Gasteiger partial charge in [0.15, 0.2) is 0 Å². The SMILES string of the molecule is CC1=CC(COc2ccc(OCCCN3CC=CCC3)cc2Cl)=C(C)CC1. The molecule has 1 aromatic rings. The van der Waals surface area contributed by atoms with E-state index in [2.05, 4.69) is 37.0 Å². The zero-order valence-electron chi connectivity index (χ0n) is 16.5. The Morgan fingerprint density at radius 3 is 2.78 bits per heavy atom. The zero-order chi connectivity index (χ0) is 19.1. The molecule has 27 heavy (non-hydrogen) atoms. The van der Waals surface area contributed by atoms with E-state index in [1.807, 2.05) is 18.2 Å². The molecule has 1 aliphatic carbocycles. The number of hydrogen-bond acceptors (Lipinski definition) is 3. The van der Waals surface area contributed by atoms with Crippen LogP contribution in [0.15, 0.2) is 53.1 Å². The highest BCUT2D eigenvalue weighted by atomic mass is 35.5. The molecule has 146 valence electrons. The predicted octanol–water partition coefficient (Wildman–Crippen LogP) is 5.81. The topological polar surface area (TPSA) is 21.7 Å². The summed E-state index contributed by atoms with van der Waals surface area (Å²) in [6, 6.07) is 5.69. The van der Waals surface area contributed by atoms with Crippen LogP contribution in [0.1, 0.15) is 39.5 Å². The zero-order valence-corrected chi connectivity index (χ0v) is 17.2. The molecule has 1 aliphatic heterocycles. The van der Waals surface area contributed by atoms with E-state index >= 15 is 0 Å². The first kappa shape index (κ1) is 20.0. The van der Waals surface area contributed by atoms with Gasteiger partial charge in [0, 0.05) is 25.7 Å². The smallest absolute Gasteiger partial charge is 0.138 e. The molecule has 0 bridgehead atoms. The van der Waals surface area contributed by atoms with E-state index in [1.54, 1.807) is 0 Å². The summed E-state index contributed by atoms with van der Waals surface area (Å²) >= 11 is 6.39. The summed E-state index contributed by atoms with van der Waals surface area (Å²) in [5, 5.41) is 0.600. The van der Waals surface area contributed by atoms with Gasteiger partial charge in [0.25, 0.3) is 0 Å². The summed E-state index contributed by atoms with van der Waals surface area (Å²) in [5.74, 6) is 1.51. The number of ether oxygens (including phenoxy) is 2. The van der Waals surface area contributed by atoms with Gasteiger partial charge in [0.2, 0.25) is 0 Å². The van der Waals surface area contributed by atoms with Gasteiger partial charge in [-0.05, 0) is 57.2 Å². The minimum Gasteiger partial charge on any atom is -0.493 e. The highest BCUT2D eigenvalue weighted by Gasteiger charge is 2.10. The Bertz CT molecular complexity index is 736.